The SMILES string of the molecule is COc1ccc2c(c1OC)[CH]([Ti][CH]1c3ccccc3-c3ccc(OC)c(OC)c31)c1ccccc1-2. The van der Waals surface area contributed by atoms with Crippen LogP contribution < -0.4 is 18.9 Å². The van der Waals surface area contributed by atoms with E-state index in [9.17, 15) is 0 Å². The average molecular weight is 498 g/mol. The molecule has 4 nitrogen and oxygen atoms in total. The van der Waals surface area contributed by atoms with Gasteiger partial charge in [0.2, 0.25) is 0 Å². The molecule has 0 saturated heterocycles. The Balaban J connectivity index is 1.57. The molecule has 174 valence electrons. The molecule has 0 spiro atoms. The first-order valence-electron chi connectivity index (χ1n) is 11.7. The maximum absolute atomic E-state index is 5.98. The van der Waals surface area contributed by atoms with Gasteiger partial charge in [0.25, 0.3) is 0 Å². The van der Waals surface area contributed by atoms with Crippen molar-refractivity contribution in [1.29, 1.82) is 0 Å². The van der Waals surface area contributed by atoms with Crippen molar-refractivity contribution in [2.75, 3.05) is 28.4 Å². The number of fused-ring (bicyclic) bond motifs is 6. The Hall–Kier alpha value is -3.21. The van der Waals surface area contributed by atoms with Gasteiger partial charge in [-0.2, -0.15) is 0 Å². The number of methoxy groups -OCH3 is 4. The maximum atomic E-state index is 5.98. The molecule has 2 aliphatic rings. The Labute approximate surface area is 214 Å². The number of hydrogen-bond acceptors (Lipinski definition) is 4. The number of rotatable bonds is 6. The van der Waals surface area contributed by atoms with Gasteiger partial charge in [-0.25, -0.2) is 0 Å². The predicted octanol–water partition coefficient (Wildman–Crippen LogP) is 6.64. The Morgan fingerprint density at radius 2 is 0.914 bits per heavy atom. The van der Waals surface area contributed by atoms with Gasteiger partial charge in [-0.1, -0.05) is 0 Å². The summed E-state index contributed by atoms with van der Waals surface area (Å²) in [4.78, 5) is 0. The van der Waals surface area contributed by atoms with Gasteiger partial charge >= 0.3 is 215 Å². The van der Waals surface area contributed by atoms with E-state index in [4.69, 9.17) is 18.9 Å². The standard InChI is InChI=1S/2C15H13O2.Ti/c2*1-16-14-8-7-12-11-6-4-3-5-10(11)9-13(12)15(14)17-2;/h2*3-9H,1-2H3;. The van der Waals surface area contributed by atoms with E-state index in [-0.39, 0.29) is 8.45 Å². The minimum atomic E-state index is -0.678. The number of ether oxygens (including phenoxy) is 4. The second kappa shape index (κ2) is 8.78. The molecule has 2 atom stereocenters. The molecule has 5 heteroatoms. The summed E-state index contributed by atoms with van der Waals surface area (Å²) < 4.78 is 23.9. The summed E-state index contributed by atoms with van der Waals surface area (Å²) in [5.74, 6) is 3.25. The molecular formula is C30H26O4Ti. The zero-order valence-electron chi connectivity index (χ0n) is 20.2. The molecule has 6 rings (SSSR count). The van der Waals surface area contributed by atoms with Crippen molar-refractivity contribution in [2.24, 2.45) is 0 Å². The van der Waals surface area contributed by atoms with E-state index < -0.39 is 19.2 Å². The Bertz CT molecular complexity index is 1340. The van der Waals surface area contributed by atoms with Gasteiger partial charge in [-0.05, 0) is 0 Å². The van der Waals surface area contributed by atoms with Crippen molar-refractivity contribution in [1.82, 2.24) is 0 Å². The fourth-order valence-electron chi connectivity index (χ4n) is 5.76. The summed E-state index contributed by atoms with van der Waals surface area (Å²) in [6, 6.07) is 25.9. The molecule has 0 heterocycles. The predicted molar refractivity (Wildman–Crippen MR) is 134 cm³/mol. The van der Waals surface area contributed by atoms with Gasteiger partial charge in [0, 0.05) is 0 Å². The summed E-state index contributed by atoms with van der Waals surface area (Å²) in [6.45, 7) is 0. The van der Waals surface area contributed by atoms with Crippen molar-refractivity contribution in [3.05, 3.63) is 95.1 Å². The topological polar surface area (TPSA) is 36.9 Å². The van der Waals surface area contributed by atoms with Gasteiger partial charge in [0.05, 0.1) is 0 Å². The molecule has 0 aromatic heterocycles. The van der Waals surface area contributed by atoms with Crippen molar-refractivity contribution >= 4 is 0 Å². The van der Waals surface area contributed by atoms with E-state index in [1.807, 2.05) is 12.1 Å². The van der Waals surface area contributed by atoms with Gasteiger partial charge < -0.3 is 0 Å². The molecule has 0 radical (unpaired) electrons. The fraction of sp³-hybridized carbons (Fsp3) is 0.200. The zero-order chi connectivity index (χ0) is 24.1. The van der Waals surface area contributed by atoms with Gasteiger partial charge in [0.15, 0.2) is 0 Å². The van der Waals surface area contributed by atoms with Crippen LogP contribution in [-0.4, -0.2) is 28.4 Å². The van der Waals surface area contributed by atoms with Crippen LogP contribution in [0.2, 0.25) is 0 Å². The van der Waals surface area contributed by atoms with Gasteiger partial charge in [-0.3, -0.25) is 0 Å². The van der Waals surface area contributed by atoms with Crippen LogP contribution in [0.3, 0.4) is 0 Å². The third kappa shape index (κ3) is 3.24. The summed E-state index contributed by atoms with van der Waals surface area (Å²) in [5, 5.41) is 0. The van der Waals surface area contributed by atoms with E-state index in [0.29, 0.717) is 0 Å². The first-order chi connectivity index (χ1) is 17.2. The van der Waals surface area contributed by atoms with Crippen LogP contribution in [0.5, 0.6) is 23.0 Å². The zero-order valence-corrected chi connectivity index (χ0v) is 21.8. The van der Waals surface area contributed by atoms with Crippen LogP contribution in [0, 0.1) is 0 Å². The average Bonchev–Trinajstić information content (AvgIpc) is 3.40. The first kappa shape index (κ1) is 22.3. The normalized spacial score (nSPS) is 16.6. The summed E-state index contributed by atoms with van der Waals surface area (Å²) in [6.07, 6.45) is 0. The molecule has 0 N–H and O–H groups in total. The molecular weight excluding hydrogens is 472 g/mol. The van der Waals surface area contributed by atoms with Gasteiger partial charge in [0.1, 0.15) is 0 Å². The van der Waals surface area contributed by atoms with Crippen LogP contribution in [-0.2, 0) is 19.2 Å². The second-order valence-corrected chi connectivity index (χ2v) is 11.1. The molecule has 2 unspecified atom stereocenters. The van der Waals surface area contributed by atoms with Crippen LogP contribution in [0.1, 0.15) is 30.7 Å². The molecule has 4 aromatic rings. The van der Waals surface area contributed by atoms with Crippen LogP contribution in [0.15, 0.2) is 72.8 Å². The van der Waals surface area contributed by atoms with Crippen molar-refractivity contribution < 1.29 is 38.1 Å². The summed E-state index contributed by atoms with van der Waals surface area (Å²) in [5.41, 5.74) is 10.3. The third-order valence-electron chi connectivity index (χ3n) is 7.20. The Kier molecular flexibility index (Phi) is 5.59. The fourth-order valence-corrected chi connectivity index (χ4v) is 9.04. The molecule has 0 saturated carbocycles. The second-order valence-electron chi connectivity index (χ2n) is 8.73. The monoisotopic (exact) mass is 498 g/mol. The molecule has 35 heavy (non-hydrogen) atoms. The molecule has 0 fully saturated rings. The van der Waals surface area contributed by atoms with E-state index in [1.54, 1.807) is 28.4 Å². The quantitative estimate of drug-likeness (QED) is 0.279. The molecule has 0 bridgehead atoms. The first-order valence-corrected chi connectivity index (χ1v) is 13.5. The molecule has 0 aliphatic heterocycles. The van der Waals surface area contributed by atoms with Crippen LogP contribution in [0.25, 0.3) is 22.3 Å². The number of hydrogen-bond donors (Lipinski definition) is 0. The van der Waals surface area contributed by atoms with E-state index in [1.165, 1.54) is 44.5 Å². The summed E-state index contributed by atoms with van der Waals surface area (Å²) in [7, 11) is 6.90. The van der Waals surface area contributed by atoms with Crippen molar-refractivity contribution in [3.8, 4) is 45.3 Å². The van der Waals surface area contributed by atoms with Crippen molar-refractivity contribution in [2.45, 2.75) is 8.45 Å². The van der Waals surface area contributed by atoms with Gasteiger partial charge in [-0.15, -0.1) is 0 Å². The Morgan fingerprint density at radius 3 is 1.31 bits per heavy atom. The van der Waals surface area contributed by atoms with Crippen LogP contribution >= 0.6 is 0 Å². The molecule has 2 aliphatic carbocycles. The summed E-state index contributed by atoms with van der Waals surface area (Å²) >= 11 is -0.678. The number of benzene rings is 4. The van der Waals surface area contributed by atoms with Crippen LogP contribution in [0.4, 0.5) is 0 Å². The minimum absolute atomic E-state index is 0.270. The van der Waals surface area contributed by atoms with E-state index >= 15 is 0 Å². The molecule has 0 amide bonds. The van der Waals surface area contributed by atoms with Crippen molar-refractivity contribution in [3.63, 3.8) is 0 Å². The van der Waals surface area contributed by atoms with E-state index in [2.05, 4.69) is 60.7 Å². The van der Waals surface area contributed by atoms with E-state index in [0.717, 1.165) is 23.0 Å². The Morgan fingerprint density at radius 1 is 0.486 bits per heavy atom. The third-order valence-corrected chi connectivity index (χ3v) is 10.1. The molecule has 4 aromatic carbocycles.